The zero-order valence-electron chi connectivity index (χ0n) is 21.4. The van der Waals surface area contributed by atoms with E-state index in [0.29, 0.717) is 5.92 Å². The van der Waals surface area contributed by atoms with Gasteiger partial charge in [-0.25, -0.2) is 5.57 Å². The molecule has 4 heteroatoms. The molecule has 179 valence electrons. The fraction of sp³-hybridized carbons (Fsp3) is 0.433. The maximum absolute atomic E-state index is 10.7. The van der Waals surface area contributed by atoms with Gasteiger partial charge in [-0.3, -0.25) is 6.08 Å². The number of allylic oxidation sites excluding steroid dienone is 4. The van der Waals surface area contributed by atoms with E-state index in [1.54, 1.807) is 0 Å². The molecule has 1 fully saturated rings. The van der Waals surface area contributed by atoms with Gasteiger partial charge in [0.15, 0.2) is 0 Å². The van der Waals surface area contributed by atoms with Crippen LogP contribution in [0.4, 0.5) is 0 Å². The van der Waals surface area contributed by atoms with Crippen molar-refractivity contribution in [2.24, 2.45) is 11.8 Å². The van der Waals surface area contributed by atoms with Crippen molar-refractivity contribution in [1.29, 1.82) is 0 Å². The topological polar surface area (TPSA) is 40.9 Å². The van der Waals surface area contributed by atoms with Gasteiger partial charge in [-0.05, 0) is 12.8 Å². The minimum absolute atomic E-state index is 0. The summed E-state index contributed by atoms with van der Waals surface area (Å²) in [5.41, 5.74) is 11.2. The van der Waals surface area contributed by atoms with Crippen molar-refractivity contribution >= 4 is 25.8 Å². The second-order valence-electron chi connectivity index (χ2n) is 9.17. The van der Waals surface area contributed by atoms with Gasteiger partial charge in [-0.2, -0.15) is 11.1 Å². The molecule has 1 unspecified atom stereocenters. The Hall–Kier alpha value is -1.68. The molecule has 2 nitrogen and oxygen atoms in total. The Morgan fingerprint density at radius 2 is 1.26 bits per heavy atom. The Balaban J connectivity index is 0.000000256. The summed E-state index contributed by atoms with van der Waals surface area (Å²) in [5.74, 6) is 0.284. The standard InChI is InChI=1S/C12H11Si.C9H17NO.C9H13.Ti/c1-3-7-11(8-4-1)13-12-9-5-2-6-10-12;10-9(11)8-6-4-2-1-3-5-7-8;1-6-5-7(2)9(4)8(6)3;/h1-10,13H;8H,1-7H2,(H2,10,11);6H,1-4H3;/q;;-1;+2/p-1. The molecule has 0 spiro atoms. The summed E-state index contributed by atoms with van der Waals surface area (Å²) in [6.45, 7) is 8.67. The van der Waals surface area contributed by atoms with Gasteiger partial charge in [-0.15, -0.1) is 6.92 Å². The van der Waals surface area contributed by atoms with Crippen molar-refractivity contribution in [2.75, 3.05) is 0 Å². The van der Waals surface area contributed by atoms with Gasteiger partial charge >= 0.3 is 21.7 Å². The van der Waals surface area contributed by atoms with Crippen LogP contribution in [0, 0.1) is 17.9 Å². The predicted molar refractivity (Wildman–Crippen MR) is 144 cm³/mol. The molecule has 0 saturated heterocycles. The number of carbonyl (C=O) groups excluding carboxylic acids is 1. The largest absolute Gasteiger partial charge is 2.00 e. The first-order valence-electron chi connectivity index (χ1n) is 12.4. The second-order valence-corrected chi connectivity index (χ2v) is 10.8. The van der Waals surface area contributed by atoms with Gasteiger partial charge in [0, 0.05) is 5.92 Å². The van der Waals surface area contributed by atoms with Gasteiger partial charge in [0.25, 0.3) is 0 Å². The summed E-state index contributed by atoms with van der Waals surface area (Å²) in [6.07, 6.45) is 11.4. The van der Waals surface area contributed by atoms with E-state index in [4.69, 9.17) is 5.73 Å². The van der Waals surface area contributed by atoms with Crippen molar-refractivity contribution < 1.29 is 26.5 Å². The average molecular weight is 507 g/mol. The minimum atomic E-state index is -0.341. The molecule has 4 rings (SSSR count). The van der Waals surface area contributed by atoms with E-state index in [1.807, 2.05) is 0 Å². The van der Waals surface area contributed by atoms with Crippen LogP contribution in [0.1, 0.15) is 72.6 Å². The summed E-state index contributed by atoms with van der Waals surface area (Å²) < 4.78 is 0. The van der Waals surface area contributed by atoms with E-state index in [1.165, 1.54) is 46.4 Å². The Kier molecular flexibility index (Phi) is 15.1. The number of amides is 1. The van der Waals surface area contributed by atoms with Gasteiger partial charge in [-0.1, -0.05) is 130 Å². The van der Waals surface area contributed by atoms with Gasteiger partial charge in [0.2, 0.25) is 0 Å². The summed E-state index contributed by atoms with van der Waals surface area (Å²) in [6, 6.07) is 21.3. The summed E-state index contributed by atoms with van der Waals surface area (Å²) in [4.78, 5) is 10.7. The third-order valence-electron chi connectivity index (χ3n) is 6.64. The molecule has 1 saturated carbocycles. The minimum Gasteiger partial charge on any atom is -0.668 e. The molecule has 0 heterocycles. The van der Waals surface area contributed by atoms with Crippen LogP contribution in [0.5, 0.6) is 0 Å². The number of benzene rings is 2. The van der Waals surface area contributed by atoms with Crippen molar-refractivity contribution in [2.45, 2.75) is 72.6 Å². The second kappa shape index (κ2) is 16.9. The van der Waals surface area contributed by atoms with Crippen molar-refractivity contribution in [3.05, 3.63) is 89.2 Å². The quantitative estimate of drug-likeness (QED) is 0.337. The van der Waals surface area contributed by atoms with E-state index in [2.05, 4.69) is 94.4 Å². The first kappa shape index (κ1) is 30.4. The Morgan fingerprint density at radius 3 is 1.59 bits per heavy atom. The van der Waals surface area contributed by atoms with Crippen LogP contribution in [0.2, 0.25) is 0 Å². The number of nitrogens with one attached hydrogen (secondary N) is 1. The maximum atomic E-state index is 10.7. The number of hydrogen-bond donors (Lipinski definition) is 0. The van der Waals surface area contributed by atoms with Gasteiger partial charge in [0.05, 0.1) is 5.91 Å². The first-order chi connectivity index (χ1) is 15.9. The van der Waals surface area contributed by atoms with E-state index in [9.17, 15) is 4.79 Å². The molecule has 0 bridgehead atoms. The maximum Gasteiger partial charge on any atom is 2.00 e. The smallest absolute Gasteiger partial charge is 0.668 e. The van der Waals surface area contributed by atoms with Crippen LogP contribution < -0.4 is 10.4 Å². The fourth-order valence-corrected chi connectivity index (χ4v) is 5.39. The summed E-state index contributed by atoms with van der Waals surface area (Å²) in [7, 11) is 0.271. The molecule has 1 atom stereocenters. The number of hydrogen-bond acceptors (Lipinski definition) is 1. The Bertz CT molecular complexity index is 862. The normalized spacial score (nSPS) is 18.1. The van der Waals surface area contributed by atoms with Crippen LogP contribution in [0.3, 0.4) is 0 Å². The van der Waals surface area contributed by atoms with Crippen LogP contribution in [-0.2, 0) is 26.5 Å². The zero-order valence-corrected chi connectivity index (χ0v) is 24.1. The molecule has 1 radical (unpaired) electrons. The molecule has 2 aromatic rings. The molecule has 1 amide bonds. The third kappa shape index (κ3) is 11.2. The molecule has 2 aromatic carbocycles. The summed E-state index contributed by atoms with van der Waals surface area (Å²) >= 11 is 0. The summed E-state index contributed by atoms with van der Waals surface area (Å²) in [5, 5.41) is 2.90. The molecule has 2 aliphatic rings. The van der Waals surface area contributed by atoms with Crippen LogP contribution >= 0.6 is 0 Å². The molecule has 2 aliphatic carbocycles. The van der Waals surface area contributed by atoms with Crippen LogP contribution in [0.15, 0.2) is 77.4 Å². The van der Waals surface area contributed by atoms with E-state index in [-0.39, 0.29) is 43.1 Å². The van der Waals surface area contributed by atoms with Crippen LogP contribution in [-0.4, -0.2) is 15.4 Å². The van der Waals surface area contributed by atoms with Crippen molar-refractivity contribution in [3.8, 4) is 0 Å². The predicted octanol–water partition coefficient (Wildman–Crippen LogP) is 6.72. The molecular formula is C30H40NOSiTi. The van der Waals surface area contributed by atoms with Crippen molar-refractivity contribution in [3.63, 3.8) is 0 Å². The first-order valence-corrected chi connectivity index (χ1v) is 13.5. The van der Waals surface area contributed by atoms with Crippen molar-refractivity contribution in [1.82, 2.24) is 0 Å². The monoisotopic (exact) mass is 506 g/mol. The molecule has 0 aromatic heterocycles. The van der Waals surface area contributed by atoms with E-state index in [0.717, 1.165) is 25.7 Å². The molecule has 34 heavy (non-hydrogen) atoms. The fourth-order valence-electron chi connectivity index (χ4n) is 4.17. The third-order valence-corrected chi connectivity index (χ3v) is 8.08. The Labute approximate surface area is 225 Å². The number of rotatable bonds is 3. The zero-order chi connectivity index (χ0) is 24.1. The van der Waals surface area contributed by atoms with Gasteiger partial charge < -0.3 is 10.5 Å². The number of carbonyl (C=O) groups is 1. The SMILES string of the molecule is CC1=[C-]C(C)C(C)=C1C.[NH-]C(=O)C1CCCCCCC1.[Ti+2].c1ccc([SiH]c2ccccc2)cc1. The average Bonchev–Trinajstić information content (AvgIpc) is 3.01. The molecular weight excluding hydrogens is 466 g/mol. The molecule has 1 N–H and O–H groups in total. The molecule has 0 aliphatic heterocycles. The Morgan fingerprint density at radius 1 is 0.824 bits per heavy atom. The van der Waals surface area contributed by atoms with Crippen LogP contribution in [0.25, 0.3) is 5.73 Å². The van der Waals surface area contributed by atoms with Gasteiger partial charge in [0.1, 0.15) is 9.52 Å². The van der Waals surface area contributed by atoms with E-state index >= 15 is 0 Å². The van der Waals surface area contributed by atoms with E-state index < -0.39 is 0 Å².